The smallest absolute Gasteiger partial charge is 0.326 e. The van der Waals surface area contributed by atoms with Crippen LogP contribution in [0.4, 0.5) is 5.69 Å². The number of carbonyl (C=O) groups excluding carboxylic acids is 1. The number of non-ortho nitro benzene ring substituents is 1. The highest BCUT2D eigenvalue weighted by atomic mass is 32.2. The minimum absolute atomic E-state index is 0.269. The normalized spacial score (nSPS) is 14.2. The number of nitrogens with one attached hydrogen (secondary N) is 1. The van der Waals surface area contributed by atoms with Crippen molar-refractivity contribution >= 4 is 21.7 Å². The standard InChI is InChI=1S/C11H14N2O7S/c1-7(14)10(11(15)20-2)12-21(18,19)9-5-3-8(4-6-9)13(16)17/h3-7,10,12,14H,1-2H3/t7-,10+/m1/s1. The molecular weight excluding hydrogens is 304 g/mol. The third-order valence-corrected chi connectivity index (χ3v) is 4.03. The molecule has 0 unspecified atom stereocenters. The SMILES string of the molecule is COC(=O)[C@@H](NS(=O)(=O)c1ccc([N+](=O)[O-])cc1)[C@@H](C)O. The molecule has 0 aromatic heterocycles. The van der Waals surface area contributed by atoms with Gasteiger partial charge >= 0.3 is 5.97 Å². The van der Waals surface area contributed by atoms with E-state index in [0.29, 0.717) is 0 Å². The van der Waals surface area contributed by atoms with Gasteiger partial charge in [-0.05, 0) is 19.1 Å². The quantitative estimate of drug-likeness (QED) is 0.421. The number of nitro groups is 1. The van der Waals surface area contributed by atoms with E-state index in [1.165, 1.54) is 6.92 Å². The number of methoxy groups -OCH3 is 1. The molecule has 21 heavy (non-hydrogen) atoms. The number of aliphatic hydroxyl groups excluding tert-OH is 1. The van der Waals surface area contributed by atoms with Crippen LogP contribution in [0.2, 0.25) is 0 Å². The van der Waals surface area contributed by atoms with Crippen molar-refractivity contribution in [2.24, 2.45) is 0 Å². The summed E-state index contributed by atoms with van der Waals surface area (Å²) in [5, 5.41) is 19.9. The number of ether oxygens (including phenoxy) is 1. The Bertz CT molecular complexity index is 624. The van der Waals surface area contributed by atoms with E-state index in [2.05, 4.69) is 4.74 Å². The first-order valence-corrected chi connectivity index (χ1v) is 7.20. The number of sulfonamides is 1. The van der Waals surface area contributed by atoms with Crippen LogP contribution < -0.4 is 4.72 Å². The predicted octanol–water partition coefficient (Wildman–Crippen LogP) is -0.205. The van der Waals surface area contributed by atoms with Gasteiger partial charge in [-0.25, -0.2) is 8.42 Å². The second kappa shape index (κ2) is 6.61. The van der Waals surface area contributed by atoms with Crippen molar-refractivity contribution in [2.45, 2.75) is 24.0 Å². The van der Waals surface area contributed by atoms with E-state index in [-0.39, 0.29) is 10.6 Å². The van der Waals surface area contributed by atoms with Crippen molar-refractivity contribution in [3.05, 3.63) is 34.4 Å². The molecule has 0 aliphatic carbocycles. The van der Waals surface area contributed by atoms with Crippen LogP contribution in [0.3, 0.4) is 0 Å². The van der Waals surface area contributed by atoms with Gasteiger partial charge in [-0.3, -0.25) is 14.9 Å². The molecule has 1 aromatic carbocycles. The van der Waals surface area contributed by atoms with E-state index in [4.69, 9.17) is 0 Å². The van der Waals surface area contributed by atoms with E-state index in [9.17, 15) is 28.4 Å². The number of rotatable bonds is 6. The monoisotopic (exact) mass is 318 g/mol. The molecule has 9 nitrogen and oxygen atoms in total. The summed E-state index contributed by atoms with van der Waals surface area (Å²) in [6, 6.07) is 2.61. The highest BCUT2D eigenvalue weighted by molar-refractivity contribution is 7.89. The lowest BCUT2D eigenvalue weighted by atomic mass is 10.2. The van der Waals surface area contributed by atoms with Gasteiger partial charge in [0.05, 0.1) is 23.0 Å². The van der Waals surface area contributed by atoms with E-state index in [0.717, 1.165) is 31.4 Å². The first-order chi connectivity index (χ1) is 9.69. The average Bonchev–Trinajstić information content (AvgIpc) is 2.43. The van der Waals surface area contributed by atoms with Gasteiger partial charge in [0.15, 0.2) is 0 Å². The Morgan fingerprint density at radius 3 is 2.29 bits per heavy atom. The van der Waals surface area contributed by atoms with Crippen LogP contribution in [0.1, 0.15) is 6.92 Å². The summed E-state index contributed by atoms with van der Waals surface area (Å²) < 4.78 is 30.5. The number of hydrogen-bond acceptors (Lipinski definition) is 7. The molecular formula is C11H14N2O7S. The maximum Gasteiger partial charge on any atom is 0.326 e. The Hall–Kier alpha value is -2.04. The zero-order chi connectivity index (χ0) is 16.2. The van der Waals surface area contributed by atoms with E-state index in [1.54, 1.807) is 0 Å². The molecule has 0 radical (unpaired) electrons. The van der Waals surface area contributed by atoms with Gasteiger partial charge in [-0.2, -0.15) is 4.72 Å². The van der Waals surface area contributed by atoms with Crippen molar-refractivity contribution in [3.63, 3.8) is 0 Å². The molecule has 0 saturated heterocycles. The highest BCUT2D eigenvalue weighted by Gasteiger charge is 2.30. The molecule has 2 N–H and O–H groups in total. The molecule has 116 valence electrons. The van der Waals surface area contributed by atoms with Gasteiger partial charge in [-0.1, -0.05) is 0 Å². The minimum Gasteiger partial charge on any atom is -0.468 e. The maximum absolute atomic E-state index is 12.0. The van der Waals surface area contributed by atoms with Gasteiger partial charge in [0.25, 0.3) is 5.69 Å². The lowest BCUT2D eigenvalue weighted by molar-refractivity contribution is -0.384. The topological polar surface area (TPSA) is 136 Å². The number of esters is 1. The highest BCUT2D eigenvalue weighted by Crippen LogP contribution is 2.16. The Labute approximate surface area is 120 Å². The van der Waals surface area contributed by atoms with Gasteiger partial charge < -0.3 is 9.84 Å². The third kappa shape index (κ3) is 4.21. The molecule has 0 amide bonds. The molecule has 2 atom stereocenters. The Balaban J connectivity index is 3.04. The fourth-order valence-corrected chi connectivity index (χ4v) is 2.71. The Morgan fingerprint density at radius 1 is 1.38 bits per heavy atom. The lowest BCUT2D eigenvalue weighted by Gasteiger charge is -2.18. The minimum atomic E-state index is -4.14. The molecule has 0 bridgehead atoms. The molecule has 0 aliphatic rings. The summed E-state index contributed by atoms with van der Waals surface area (Å²) in [5.74, 6) is -0.949. The fraction of sp³-hybridized carbons (Fsp3) is 0.364. The summed E-state index contributed by atoms with van der Waals surface area (Å²) >= 11 is 0. The predicted molar refractivity (Wildman–Crippen MR) is 70.9 cm³/mol. The second-order valence-corrected chi connectivity index (χ2v) is 5.83. The summed E-state index contributed by atoms with van der Waals surface area (Å²) in [4.78, 5) is 21.0. The van der Waals surface area contributed by atoms with Gasteiger partial charge in [0.2, 0.25) is 10.0 Å². The van der Waals surface area contributed by atoms with E-state index >= 15 is 0 Å². The fourth-order valence-electron chi connectivity index (χ4n) is 1.45. The van der Waals surface area contributed by atoms with Crippen LogP contribution >= 0.6 is 0 Å². The summed E-state index contributed by atoms with van der Waals surface area (Å²) in [6.45, 7) is 1.22. The van der Waals surface area contributed by atoms with Crippen molar-refractivity contribution in [1.29, 1.82) is 0 Å². The van der Waals surface area contributed by atoms with Crippen LogP contribution in [0.15, 0.2) is 29.2 Å². The molecule has 1 aromatic rings. The van der Waals surface area contributed by atoms with Crippen LogP contribution in [0.25, 0.3) is 0 Å². The van der Waals surface area contributed by atoms with Crippen molar-refractivity contribution in [1.82, 2.24) is 4.72 Å². The third-order valence-electron chi connectivity index (χ3n) is 2.58. The summed E-state index contributed by atoms with van der Waals surface area (Å²) in [5.41, 5.74) is -0.269. The van der Waals surface area contributed by atoms with Gasteiger partial charge in [0.1, 0.15) is 6.04 Å². The first-order valence-electron chi connectivity index (χ1n) is 5.71. The zero-order valence-electron chi connectivity index (χ0n) is 11.2. The number of carbonyl (C=O) groups is 1. The van der Waals surface area contributed by atoms with Crippen LogP contribution in [-0.2, 0) is 19.6 Å². The Kier molecular flexibility index (Phi) is 5.35. The summed E-state index contributed by atoms with van der Waals surface area (Å²) in [6.07, 6.45) is -1.31. The number of hydrogen-bond donors (Lipinski definition) is 2. The molecule has 0 saturated carbocycles. The molecule has 0 aliphatic heterocycles. The molecule has 0 fully saturated rings. The molecule has 1 rings (SSSR count). The zero-order valence-corrected chi connectivity index (χ0v) is 12.0. The largest absolute Gasteiger partial charge is 0.468 e. The van der Waals surface area contributed by atoms with Crippen molar-refractivity contribution < 1.29 is 28.0 Å². The number of benzene rings is 1. The van der Waals surface area contributed by atoms with Crippen LogP contribution in [-0.4, -0.2) is 43.7 Å². The van der Waals surface area contributed by atoms with E-state index in [1.807, 2.05) is 4.72 Å². The van der Waals surface area contributed by atoms with Crippen molar-refractivity contribution in [2.75, 3.05) is 7.11 Å². The maximum atomic E-state index is 12.0. The van der Waals surface area contributed by atoms with Crippen LogP contribution in [0.5, 0.6) is 0 Å². The van der Waals surface area contributed by atoms with E-state index < -0.39 is 33.1 Å². The molecule has 0 spiro atoms. The average molecular weight is 318 g/mol. The molecule has 10 heteroatoms. The number of aliphatic hydroxyl groups is 1. The second-order valence-electron chi connectivity index (χ2n) is 4.11. The number of nitro benzene ring substituents is 1. The van der Waals surface area contributed by atoms with Crippen molar-refractivity contribution in [3.8, 4) is 0 Å². The first kappa shape index (κ1) is 17.0. The van der Waals surface area contributed by atoms with Gasteiger partial charge in [-0.15, -0.1) is 0 Å². The van der Waals surface area contributed by atoms with Crippen LogP contribution in [0, 0.1) is 10.1 Å². The lowest BCUT2D eigenvalue weighted by Crippen LogP contribution is -2.48. The van der Waals surface area contributed by atoms with Gasteiger partial charge in [0, 0.05) is 12.1 Å². The number of nitrogens with zero attached hydrogens (tertiary/aromatic N) is 1. The Morgan fingerprint density at radius 2 is 1.90 bits per heavy atom. The molecule has 0 heterocycles. The summed E-state index contributed by atoms with van der Waals surface area (Å²) in [7, 11) is -3.08.